The van der Waals surface area contributed by atoms with Gasteiger partial charge in [0, 0.05) is 30.3 Å². The lowest BCUT2D eigenvalue weighted by Gasteiger charge is -2.26. The van der Waals surface area contributed by atoms with E-state index in [1.807, 2.05) is 76.2 Å². The summed E-state index contributed by atoms with van der Waals surface area (Å²) >= 11 is 1.20. The molecule has 8 nitrogen and oxygen atoms in total. The van der Waals surface area contributed by atoms with Gasteiger partial charge in [-0.15, -0.1) is 0 Å². The van der Waals surface area contributed by atoms with E-state index in [1.54, 1.807) is 12.1 Å². The Morgan fingerprint density at radius 2 is 1.72 bits per heavy atom. The van der Waals surface area contributed by atoms with Crippen molar-refractivity contribution >= 4 is 39.8 Å². The highest BCUT2D eigenvalue weighted by molar-refractivity contribution is 8.13. The largest absolute Gasteiger partial charge is 0.478 e. The van der Waals surface area contributed by atoms with Crippen LogP contribution in [0.3, 0.4) is 0 Å². The highest BCUT2D eigenvalue weighted by Gasteiger charge is 2.29. The minimum Gasteiger partial charge on any atom is -0.478 e. The number of carboxylic acids is 1. The number of nitrogens with zero attached hydrogens (tertiary/aromatic N) is 2. The van der Waals surface area contributed by atoms with Crippen molar-refractivity contribution in [2.45, 2.75) is 86.4 Å². The summed E-state index contributed by atoms with van der Waals surface area (Å²) in [5.41, 5.74) is 11.9. The van der Waals surface area contributed by atoms with Crippen molar-refractivity contribution in [2.24, 2.45) is 17.1 Å². The predicted octanol–water partition coefficient (Wildman–Crippen LogP) is 7.49. The van der Waals surface area contributed by atoms with Crippen molar-refractivity contribution in [3.63, 3.8) is 0 Å². The molecule has 250 valence electrons. The van der Waals surface area contributed by atoms with Gasteiger partial charge in [0.05, 0.1) is 22.6 Å². The molecule has 4 N–H and O–H groups in total. The number of nitrogens with two attached hydrogens (primary N) is 1. The van der Waals surface area contributed by atoms with Crippen LogP contribution in [0.25, 0.3) is 22.2 Å². The normalized spacial score (nSPS) is 13.1. The van der Waals surface area contributed by atoms with Crippen LogP contribution in [0.2, 0.25) is 0 Å². The molecule has 0 saturated carbocycles. The van der Waals surface area contributed by atoms with Crippen LogP contribution >= 0.6 is 11.8 Å². The SMILES string of the molecule is CCCc1nc2c(C)cc(C(=O)N[C@@H](CSC(=O)[C@@H](N)C(C)(C)C)CC(C)C)cc2n1Cc1ccc(-c2ccccc2C(=O)O)cc1. The second-order valence-electron chi connectivity index (χ2n) is 13.8. The zero-order valence-corrected chi connectivity index (χ0v) is 29.4. The number of benzene rings is 3. The molecule has 0 saturated heterocycles. The quantitative estimate of drug-likeness (QED) is 0.136. The molecular weight excluding hydrogens is 609 g/mol. The zero-order valence-electron chi connectivity index (χ0n) is 28.6. The number of carboxylic acid groups (broad SMARTS) is 1. The molecule has 0 fully saturated rings. The fraction of sp³-hybridized carbons (Fsp3) is 0.421. The average Bonchev–Trinajstić information content (AvgIpc) is 3.36. The molecule has 3 aromatic carbocycles. The molecule has 1 heterocycles. The first-order chi connectivity index (χ1) is 22.2. The Kier molecular flexibility index (Phi) is 11.7. The first kappa shape index (κ1) is 35.9. The summed E-state index contributed by atoms with van der Waals surface area (Å²) in [6.45, 7) is 14.7. The van der Waals surface area contributed by atoms with E-state index in [4.69, 9.17) is 10.7 Å². The van der Waals surface area contributed by atoms with E-state index in [1.165, 1.54) is 11.8 Å². The Hall–Kier alpha value is -3.95. The van der Waals surface area contributed by atoms with E-state index in [0.717, 1.165) is 52.8 Å². The average molecular weight is 657 g/mol. The molecule has 0 aliphatic heterocycles. The van der Waals surface area contributed by atoms with Gasteiger partial charge < -0.3 is 20.7 Å². The van der Waals surface area contributed by atoms with E-state index in [0.29, 0.717) is 29.3 Å². The van der Waals surface area contributed by atoms with E-state index < -0.39 is 12.0 Å². The number of thioether (sulfide) groups is 1. The van der Waals surface area contributed by atoms with Crippen LogP contribution < -0.4 is 11.1 Å². The second-order valence-corrected chi connectivity index (χ2v) is 14.9. The van der Waals surface area contributed by atoms with Gasteiger partial charge in [0.25, 0.3) is 5.91 Å². The van der Waals surface area contributed by atoms with Gasteiger partial charge in [0.1, 0.15) is 5.82 Å². The molecule has 0 aliphatic carbocycles. The van der Waals surface area contributed by atoms with Crippen LogP contribution in [-0.2, 0) is 17.8 Å². The molecule has 1 amide bonds. The monoisotopic (exact) mass is 656 g/mol. The maximum atomic E-state index is 13.7. The van der Waals surface area contributed by atoms with Crippen LogP contribution in [0, 0.1) is 18.3 Å². The Morgan fingerprint density at radius 1 is 1.04 bits per heavy atom. The third-order valence-corrected chi connectivity index (χ3v) is 9.43. The number of hydrogen-bond donors (Lipinski definition) is 3. The summed E-state index contributed by atoms with van der Waals surface area (Å²) < 4.78 is 2.18. The van der Waals surface area contributed by atoms with E-state index >= 15 is 0 Å². The number of aromatic nitrogens is 2. The Morgan fingerprint density at radius 3 is 2.34 bits per heavy atom. The third-order valence-electron chi connectivity index (χ3n) is 8.33. The molecule has 0 radical (unpaired) electrons. The van der Waals surface area contributed by atoms with Crippen LogP contribution in [0.1, 0.15) is 92.1 Å². The van der Waals surface area contributed by atoms with Crippen LogP contribution in [0.4, 0.5) is 0 Å². The summed E-state index contributed by atoms with van der Waals surface area (Å²) in [5, 5.41) is 12.8. The summed E-state index contributed by atoms with van der Waals surface area (Å²) in [5.74, 6) is 0.602. The molecule has 47 heavy (non-hydrogen) atoms. The lowest BCUT2D eigenvalue weighted by Crippen LogP contribution is -2.42. The number of carbonyl (C=O) groups excluding carboxylic acids is 2. The number of aryl methyl sites for hydroxylation is 2. The molecule has 4 rings (SSSR count). The molecule has 9 heteroatoms. The fourth-order valence-corrected chi connectivity index (χ4v) is 6.81. The minimum atomic E-state index is -0.957. The number of fused-ring (bicyclic) bond motifs is 1. The lowest BCUT2D eigenvalue weighted by atomic mass is 9.88. The van der Waals surface area contributed by atoms with Crippen molar-refractivity contribution < 1.29 is 19.5 Å². The van der Waals surface area contributed by atoms with Gasteiger partial charge in [-0.1, -0.05) is 95.8 Å². The number of hydrogen-bond acceptors (Lipinski definition) is 6. The summed E-state index contributed by atoms with van der Waals surface area (Å²) in [7, 11) is 0. The standard InChI is InChI=1S/C38H48N4O4S/c1-8-11-32-41-33-24(4)19-27(35(43)40-28(18-23(2)3)22-47-37(46)34(39)38(5,6)7)20-31(33)42(32)21-25-14-16-26(17-15-25)29-12-9-10-13-30(29)36(44)45/h9-10,12-17,19-20,23,28,34H,8,11,18,21-22,39H2,1-7H3,(H,40,43)(H,44,45)/t28-,34-/m1/s1. The van der Waals surface area contributed by atoms with Gasteiger partial charge >= 0.3 is 5.97 Å². The van der Waals surface area contributed by atoms with Crippen LogP contribution in [0.5, 0.6) is 0 Å². The number of aromatic carboxylic acids is 1. The van der Waals surface area contributed by atoms with E-state index in [2.05, 4.69) is 30.7 Å². The first-order valence-corrected chi connectivity index (χ1v) is 17.3. The number of nitrogens with one attached hydrogen (secondary N) is 1. The van der Waals surface area contributed by atoms with Crippen molar-refractivity contribution in [1.29, 1.82) is 0 Å². The second kappa shape index (κ2) is 15.3. The summed E-state index contributed by atoms with van der Waals surface area (Å²) in [6.07, 6.45) is 2.45. The molecular formula is C38H48N4O4S. The predicted molar refractivity (Wildman–Crippen MR) is 192 cm³/mol. The molecule has 0 spiro atoms. The van der Waals surface area contributed by atoms with Crippen molar-refractivity contribution in [3.05, 3.63) is 88.7 Å². The molecule has 0 unspecified atom stereocenters. The Balaban J connectivity index is 1.61. The van der Waals surface area contributed by atoms with Crippen LogP contribution in [0.15, 0.2) is 60.7 Å². The van der Waals surface area contributed by atoms with E-state index in [-0.39, 0.29) is 28.0 Å². The Labute approximate surface area is 282 Å². The van der Waals surface area contributed by atoms with Gasteiger partial charge in [-0.2, -0.15) is 0 Å². The van der Waals surface area contributed by atoms with Gasteiger partial charge in [0.2, 0.25) is 5.12 Å². The first-order valence-electron chi connectivity index (χ1n) is 16.3. The van der Waals surface area contributed by atoms with Gasteiger partial charge in [-0.3, -0.25) is 9.59 Å². The molecule has 1 aromatic heterocycles. The molecule has 0 bridgehead atoms. The molecule has 2 atom stereocenters. The fourth-order valence-electron chi connectivity index (χ4n) is 5.69. The van der Waals surface area contributed by atoms with Gasteiger partial charge in [-0.05, 0) is 71.6 Å². The number of carbonyl (C=O) groups is 3. The Bertz CT molecular complexity index is 1740. The summed E-state index contributed by atoms with van der Waals surface area (Å²) in [4.78, 5) is 43.3. The number of amides is 1. The number of imidazole rings is 1. The van der Waals surface area contributed by atoms with E-state index in [9.17, 15) is 19.5 Å². The lowest BCUT2D eigenvalue weighted by molar-refractivity contribution is -0.114. The minimum absolute atomic E-state index is 0.0655. The van der Waals surface area contributed by atoms with Crippen molar-refractivity contribution in [3.8, 4) is 11.1 Å². The van der Waals surface area contributed by atoms with Gasteiger partial charge in [-0.25, -0.2) is 9.78 Å². The third kappa shape index (κ3) is 8.90. The highest BCUT2D eigenvalue weighted by atomic mass is 32.2. The molecule has 0 aliphatic rings. The maximum absolute atomic E-state index is 13.7. The maximum Gasteiger partial charge on any atom is 0.336 e. The smallest absolute Gasteiger partial charge is 0.336 e. The zero-order chi connectivity index (χ0) is 34.5. The molecule has 4 aromatic rings. The summed E-state index contributed by atoms with van der Waals surface area (Å²) in [6, 6.07) is 18.0. The van der Waals surface area contributed by atoms with Crippen LogP contribution in [-0.4, -0.2) is 49.5 Å². The highest BCUT2D eigenvalue weighted by Crippen LogP contribution is 2.28. The van der Waals surface area contributed by atoms with Gasteiger partial charge in [0.15, 0.2) is 0 Å². The van der Waals surface area contributed by atoms with Crippen molar-refractivity contribution in [2.75, 3.05) is 5.75 Å². The topological polar surface area (TPSA) is 127 Å². The number of rotatable bonds is 13. The van der Waals surface area contributed by atoms with Crippen molar-refractivity contribution in [1.82, 2.24) is 14.9 Å².